The quantitative estimate of drug-likeness (QED) is 0.874. The van der Waals surface area contributed by atoms with E-state index in [2.05, 4.69) is 22.3 Å². The Morgan fingerprint density at radius 2 is 2.20 bits per heavy atom. The number of hydrogen-bond donors (Lipinski definition) is 2. The summed E-state index contributed by atoms with van der Waals surface area (Å²) in [6.45, 7) is 3.86. The van der Waals surface area contributed by atoms with Crippen molar-refractivity contribution < 1.29 is 18.3 Å². The summed E-state index contributed by atoms with van der Waals surface area (Å²) < 4.78 is 32.5. The molecule has 0 bridgehead atoms. The van der Waals surface area contributed by atoms with Crippen LogP contribution in [0.2, 0.25) is 0 Å². The van der Waals surface area contributed by atoms with E-state index in [0.29, 0.717) is 5.75 Å². The summed E-state index contributed by atoms with van der Waals surface area (Å²) in [4.78, 5) is 12.5. The molecule has 0 saturated carbocycles. The Hall–Kier alpha value is -3.16. The van der Waals surface area contributed by atoms with Crippen molar-refractivity contribution in [2.24, 2.45) is 0 Å². The number of carbonyl (C=O) groups is 1. The number of hydrogen-bond acceptors (Lipinski definition) is 4. The lowest BCUT2D eigenvalue weighted by molar-refractivity contribution is 0.0951. The molecule has 0 radical (unpaired) electrons. The van der Waals surface area contributed by atoms with Gasteiger partial charge in [0.25, 0.3) is 12.3 Å². The highest BCUT2D eigenvalue weighted by atomic mass is 19.3. The Labute approximate surface area is 142 Å². The first kappa shape index (κ1) is 16.7. The third kappa shape index (κ3) is 3.23. The van der Waals surface area contributed by atoms with Gasteiger partial charge in [0, 0.05) is 17.8 Å². The van der Waals surface area contributed by atoms with Gasteiger partial charge < -0.3 is 15.4 Å². The number of anilines is 1. The lowest BCUT2D eigenvalue weighted by Crippen LogP contribution is -2.25. The maximum absolute atomic E-state index is 13.1. The molecule has 2 N–H and O–H groups in total. The predicted molar refractivity (Wildman–Crippen MR) is 89.4 cm³/mol. The normalized spacial score (nSPS) is 13.1. The summed E-state index contributed by atoms with van der Waals surface area (Å²) >= 11 is 0. The second kappa shape index (κ2) is 6.76. The molecule has 0 unspecified atom stereocenters. The number of nitrogens with zero attached hydrogens (tertiary/aromatic N) is 2. The molecule has 1 aromatic heterocycles. The second-order valence-corrected chi connectivity index (χ2v) is 5.33. The fourth-order valence-corrected chi connectivity index (χ4v) is 2.53. The number of aromatic nitrogens is 2. The maximum atomic E-state index is 13.1. The summed E-state index contributed by atoms with van der Waals surface area (Å²) in [7, 11) is 1.54. The molecular formula is C17H16F2N4O2. The molecule has 1 amide bonds. The second-order valence-electron chi connectivity index (χ2n) is 5.33. The van der Waals surface area contributed by atoms with Crippen LogP contribution in [0, 0.1) is 0 Å². The molecule has 8 heteroatoms. The molecule has 130 valence electrons. The van der Waals surface area contributed by atoms with Crippen LogP contribution in [-0.4, -0.2) is 29.2 Å². The van der Waals surface area contributed by atoms with Crippen LogP contribution in [0.5, 0.6) is 5.75 Å². The minimum atomic E-state index is -2.73. The largest absolute Gasteiger partial charge is 0.496 e. The van der Waals surface area contributed by atoms with Crippen LogP contribution in [0.4, 0.5) is 14.6 Å². The Morgan fingerprint density at radius 1 is 1.44 bits per heavy atom. The van der Waals surface area contributed by atoms with Gasteiger partial charge in [0.2, 0.25) is 0 Å². The van der Waals surface area contributed by atoms with Crippen LogP contribution in [0.3, 0.4) is 0 Å². The van der Waals surface area contributed by atoms with Gasteiger partial charge in [-0.3, -0.25) is 4.79 Å². The molecule has 1 aliphatic rings. The van der Waals surface area contributed by atoms with E-state index in [-0.39, 0.29) is 29.3 Å². The van der Waals surface area contributed by atoms with Crippen molar-refractivity contribution in [1.29, 1.82) is 0 Å². The average molecular weight is 346 g/mol. The molecule has 3 rings (SSSR count). The van der Waals surface area contributed by atoms with E-state index in [1.54, 1.807) is 13.2 Å². The third-order valence-corrected chi connectivity index (χ3v) is 3.71. The van der Waals surface area contributed by atoms with Gasteiger partial charge >= 0.3 is 0 Å². The molecular weight excluding hydrogens is 330 g/mol. The van der Waals surface area contributed by atoms with E-state index in [0.717, 1.165) is 10.2 Å². The van der Waals surface area contributed by atoms with Gasteiger partial charge in [-0.1, -0.05) is 24.8 Å². The maximum Gasteiger partial charge on any atom is 0.280 e. The van der Waals surface area contributed by atoms with Gasteiger partial charge in [0.1, 0.15) is 22.8 Å². The van der Waals surface area contributed by atoms with Crippen molar-refractivity contribution in [3.05, 3.63) is 59.9 Å². The summed E-state index contributed by atoms with van der Waals surface area (Å²) in [6.07, 6.45) is -0.294. The minimum Gasteiger partial charge on any atom is -0.496 e. The Balaban J connectivity index is 1.81. The zero-order valence-corrected chi connectivity index (χ0v) is 13.4. The first-order chi connectivity index (χ1) is 12.0. The van der Waals surface area contributed by atoms with Gasteiger partial charge in [0.15, 0.2) is 0 Å². The van der Waals surface area contributed by atoms with Crippen LogP contribution < -0.4 is 15.4 Å². The van der Waals surface area contributed by atoms with Crippen molar-refractivity contribution >= 4 is 17.4 Å². The molecule has 0 spiro atoms. The van der Waals surface area contributed by atoms with Crippen molar-refractivity contribution in [1.82, 2.24) is 15.1 Å². The highest BCUT2D eigenvalue weighted by Gasteiger charge is 2.26. The van der Waals surface area contributed by atoms with Gasteiger partial charge in [0.05, 0.1) is 13.3 Å². The zero-order valence-electron chi connectivity index (χ0n) is 13.4. The van der Waals surface area contributed by atoms with Crippen molar-refractivity contribution in [2.45, 2.75) is 13.0 Å². The summed E-state index contributed by atoms with van der Waals surface area (Å²) in [6, 6.07) is 7.27. The number of carbonyl (C=O) groups excluding carboxylic acids is 1. The Bertz CT molecular complexity index is 858. The van der Waals surface area contributed by atoms with Crippen LogP contribution in [0.25, 0.3) is 5.70 Å². The fourth-order valence-electron chi connectivity index (χ4n) is 2.53. The van der Waals surface area contributed by atoms with Crippen LogP contribution >= 0.6 is 0 Å². The molecule has 25 heavy (non-hydrogen) atoms. The number of fused-ring (bicyclic) bond motifs is 1. The van der Waals surface area contributed by atoms with E-state index >= 15 is 0 Å². The van der Waals surface area contributed by atoms with Crippen molar-refractivity contribution in [2.75, 3.05) is 12.4 Å². The van der Waals surface area contributed by atoms with Crippen molar-refractivity contribution in [3.63, 3.8) is 0 Å². The van der Waals surface area contributed by atoms with Crippen LogP contribution in [-0.2, 0) is 6.54 Å². The minimum absolute atomic E-state index is 0.155. The van der Waals surface area contributed by atoms with E-state index in [1.165, 1.54) is 12.3 Å². The number of nitrogens with one attached hydrogen (secondary N) is 2. The van der Waals surface area contributed by atoms with Gasteiger partial charge in [-0.25, -0.2) is 13.5 Å². The van der Waals surface area contributed by atoms with E-state index < -0.39 is 12.3 Å². The lowest BCUT2D eigenvalue weighted by Gasteiger charge is -2.19. The molecule has 6 nitrogen and oxygen atoms in total. The summed E-state index contributed by atoms with van der Waals surface area (Å²) in [5.74, 6) is 0.373. The Kier molecular flexibility index (Phi) is 4.51. The number of rotatable bonds is 5. The highest BCUT2D eigenvalue weighted by molar-refractivity contribution is 6.00. The number of benzene rings is 1. The third-order valence-electron chi connectivity index (χ3n) is 3.71. The summed E-state index contributed by atoms with van der Waals surface area (Å²) in [5.41, 5.74) is 0.886. The number of ether oxygens (including phenoxy) is 1. The van der Waals surface area contributed by atoms with Crippen LogP contribution in [0.1, 0.15) is 15.9 Å². The van der Waals surface area contributed by atoms with Gasteiger partial charge in [-0.2, -0.15) is 5.10 Å². The molecule has 0 saturated heterocycles. The molecule has 0 atom stereocenters. The number of alkyl halides is 2. The standard InChI is InChI=1S/C17H16F2N4O2/c1-10-7-13(15(18)19)23-16(22-10)12(9-21-23)17(24)20-8-11-5-3-4-6-14(11)25-2/h3-7,9,15,22H,1,8H2,2H3,(H,20,24). The van der Waals surface area contributed by atoms with E-state index in [1.807, 2.05) is 18.2 Å². The average Bonchev–Trinajstić information content (AvgIpc) is 3.02. The molecule has 1 aromatic carbocycles. The fraction of sp³-hybridized carbons (Fsp3) is 0.176. The number of para-hydroxylation sites is 1. The van der Waals surface area contributed by atoms with Crippen molar-refractivity contribution in [3.8, 4) is 5.75 Å². The number of halogens is 2. The molecule has 1 aliphatic heterocycles. The smallest absolute Gasteiger partial charge is 0.280 e. The van der Waals surface area contributed by atoms with Gasteiger partial charge in [-0.05, 0) is 12.1 Å². The van der Waals surface area contributed by atoms with E-state index in [4.69, 9.17) is 4.74 Å². The lowest BCUT2D eigenvalue weighted by atomic mass is 10.2. The number of methoxy groups -OCH3 is 1. The first-order valence-corrected chi connectivity index (χ1v) is 7.45. The molecule has 0 aliphatic carbocycles. The SMILES string of the molecule is C=C1C=C(C(F)F)n2ncc(C(=O)NCc3ccccc3OC)c2N1. The predicted octanol–water partition coefficient (Wildman–Crippen LogP) is 2.87. The van der Waals surface area contributed by atoms with Crippen LogP contribution in [0.15, 0.2) is 48.8 Å². The molecule has 2 aromatic rings. The monoisotopic (exact) mass is 346 g/mol. The topological polar surface area (TPSA) is 68.2 Å². The van der Waals surface area contributed by atoms with E-state index in [9.17, 15) is 13.6 Å². The first-order valence-electron chi connectivity index (χ1n) is 7.45. The highest BCUT2D eigenvalue weighted by Crippen LogP contribution is 2.29. The van der Waals surface area contributed by atoms with Gasteiger partial charge in [-0.15, -0.1) is 0 Å². The summed E-state index contributed by atoms with van der Waals surface area (Å²) in [5, 5.41) is 9.42. The molecule has 2 heterocycles. The number of amides is 1. The zero-order chi connectivity index (χ0) is 18.0. The molecule has 0 fully saturated rings. The Morgan fingerprint density at radius 3 is 2.92 bits per heavy atom. The number of allylic oxidation sites excluding steroid dienone is 2.